The average Bonchev–Trinajstić information content (AvgIpc) is 2.57. The summed E-state index contributed by atoms with van der Waals surface area (Å²) in [5.41, 5.74) is -0.169. The van der Waals surface area contributed by atoms with Crippen LogP contribution in [0.5, 0.6) is 0 Å². The number of carbonyl (C=O) groups is 3. The normalized spacial score (nSPS) is 14.0. The second kappa shape index (κ2) is 12.8. The van der Waals surface area contributed by atoms with E-state index in [0.29, 0.717) is 38.5 Å². The molecule has 7 heteroatoms. The Bertz CT molecular complexity index is 438. The minimum absolute atomic E-state index is 0.00846. The molecule has 26 heavy (non-hydrogen) atoms. The summed E-state index contributed by atoms with van der Waals surface area (Å²) in [4.78, 5) is 33.6. The maximum absolute atomic E-state index is 12.0. The number of nitrogens with one attached hydrogen (secondary N) is 2. The molecule has 0 aliphatic rings. The summed E-state index contributed by atoms with van der Waals surface area (Å²) >= 11 is 0. The molecule has 0 aliphatic carbocycles. The van der Waals surface area contributed by atoms with E-state index in [1.807, 2.05) is 41.5 Å². The van der Waals surface area contributed by atoms with Gasteiger partial charge in [-0.3, -0.25) is 9.59 Å². The van der Waals surface area contributed by atoms with E-state index in [9.17, 15) is 14.4 Å². The Morgan fingerprint density at radius 3 is 2.31 bits per heavy atom. The van der Waals surface area contributed by atoms with Gasteiger partial charge in [-0.1, -0.05) is 41.5 Å². The predicted octanol–water partition coefficient (Wildman–Crippen LogP) is 1.41. The first-order valence-electron chi connectivity index (χ1n) is 9.22. The van der Waals surface area contributed by atoms with Crippen LogP contribution in [0.15, 0.2) is 0 Å². The molecular formula is C19H36N2O5. The Balaban J connectivity index is 3.96. The van der Waals surface area contributed by atoms with Crippen molar-refractivity contribution in [3.8, 4) is 0 Å². The first kappa shape index (κ1) is 24.5. The third kappa shape index (κ3) is 12.0. The van der Waals surface area contributed by atoms with Crippen LogP contribution in [0.25, 0.3) is 0 Å². The molecule has 0 heterocycles. The standard InChI is InChI=1S/C19H36N2O5/c1-14(2)16(4)18(24)21-12-19(5,6)13-26-10-15(3)9-20-17(23)11-25-8-7-22/h7,14-16H,8-13H2,1-6H3,(H,20,23)(H,21,24). The van der Waals surface area contributed by atoms with Crippen molar-refractivity contribution < 1.29 is 23.9 Å². The molecule has 152 valence electrons. The Labute approximate surface area is 157 Å². The van der Waals surface area contributed by atoms with Gasteiger partial charge < -0.3 is 24.9 Å². The number of hydrogen-bond acceptors (Lipinski definition) is 5. The van der Waals surface area contributed by atoms with Gasteiger partial charge in [-0.25, -0.2) is 0 Å². The average molecular weight is 373 g/mol. The van der Waals surface area contributed by atoms with Crippen LogP contribution in [0, 0.1) is 23.2 Å². The lowest BCUT2D eigenvalue weighted by Gasteiger charge is -2.27. The van der Waals surface area contributed by atoms with Gasteiger partial charge in [0, 0.05) is 24.4 Å². The van der Waals surface area contributed by atoms with Gasteiger partial charge in [0.25, 0.3) is 0 Å². The first-order valence-corrected chi connectivity index (χ1v) is 9.22. The molecule has 0 fully saturated rings. The zero-order valence-corrected chi connectivity index (χ0v) is 17.1. The van der Waals surface area contributed by atoms with E-state index in [2.05, 4.69) is 10.6 Å². The van der Waals surface area contributed by atoms with E-state index in [1.54, 1.807) is 0 Å². The number of amides is 2. The lowest BCUT2D eigenvalue weighted by molar-refractivity contribution is -0.127. The molecule has 0 bridgehead atoms. The lowest BCUT2D eigenvalue weighted by atomic mass is 9.93. The largest absolute Gasteiger partial charge is 0.380 e. The number of carbonyl (C=O) groups excluding carboxylic acids is 3. The van der Waals surface area contributed by atoms with Gasteiger partial charge >= 0.3 is 0 Å². The van der Waals surface area contributed by atoms with Gasteiger partial charge in [0.05, 0.1) is 13.2 Å². The quantitative estimate of drug-likeness (QED) is 0.355. The Morgan fingerprint density at radius 2 is 1.73 bits per heavy atom. The lowest BCUT2D eigenvalue weighted by Crippen LogP contribution is -2.40. The van der Waals surface area contributed by atoms with Crippen molar-refractivity contribution in [3.63, 3.8) is 0 Å². The molecule has 0 saturated carbocycles. The van der Waals surface area contributed by atoms with Gasteiger partial charge in [-0.05, 0) is 11.8 Å². The maximum Gasteiger partial charge on any atom is 0.246 e. The monoisotopic (exact) mass is 372 g/mol. The van der Waals surface area contributed by atoms with Gasteiger partial charge in [-0.2, -0.15) is 0 Å². The first-order chi connectivity index (χ1) is 12.1. The van der Waals surface area contributed by atoms with Gasteiger partial charge in [0.1, 0.15) is 19.5 Å². The molecule has 0 aromatic carbocycles. The molecule has 2 atom stereocenters. The van der Waals surface area contributed by atoms with Crippen molar-refractivity contribution in [1.29, 1.82) is 0 Å². The van der Waals surface area contributed by atoms with Gasteiger partial charge in [0.2, 0.25) is 11.8 Å². The Morgan fingerprint density at radius 1 is 1.08 bits per heavy atom. The molecule has 2 amide bonds. The van der Waals surface area contributed by atoms with Crippen LogP contribution in [-0.4, -0.2) is 57.6 Å². The van der Waals surface area contributed by atoms with Crippen molar-refractivity contribution in [1.82, 2.24) is 10.6 Å². The Hall–Kier alpha value is -1.47. The minimum Gasteiger partial charge on any atom is -0.380 e. The number of aldehydes is 1. The van der Waals surface area contributed by atoms with Crippen molar-refractivity contribution in [3.05, 3.63) is 0 Å². The van der Waals surface area contributed by atoms with Crippen LogP contribution in [0.3, 0.4) is 0 Å². The van der Waals surface area contributed by atoms with Crippen LogP contribution in [0.4, 0.5) is 0 Å². The van der Waals surface area contributed by atoms with Crippen LogP contribution >= 0.6 is 0 Å². The highest BCUT2D eigenvalue weighted by Gasteiger charge is 2.22. The summed E-state index contributed by atoms with van der Waals surface area (Å²) in [7, 11) is 0. The summed E-state index contributed by atoms with van der Waals surface area (Å²) in [5.74, 6) is 0.276. The maximum atomic E-state index is 12.0. The van der Waals surface area contributed by atoms with Crippen molar-refractivity contribution in [2.45, 2.75) is 41.5 Å². The molecule has 0 rings (SSSR count). The van der Waals surface area contributed by atoms with E-state index < -0.39 is 0 Å². The van der Waals surface area contributed by atoms with Crippen LogP contribution in [0.2, 0.25) is 0 Å². The molecule has 2 N–H and O–H groups in total. The van der Waals surface area contributed by atoms with E-state index >= 15 is 0 Å². The predicted molar refractivity (Wildman–Crippen MR) is 101 cm³/mol. The highest BCUT2D eigenvalue weighted by molar-refractivity contribution is 5.78. The molecule has 7 nitrogen and oxygen atoms in total. The zero-order valence-electron chi connectivity index (χ0n) is 17.1. The number of rotatable bonds is 14. The minimum atomic E-state index is -0.249. The van der Waals surface area contributed by atoms with Crippen molar-refractivity contribution >= 4 is 18.1 Å². The summed E-state index contributed by atoms with van der Waals surface area (Å²) in [6.45, 7) is 13.9. The second-order valence-corrected chi connectivity index (χ2v) is 8.02. The summed E-state index contributed by atoms with van der Waals surface area (Å²) in [6.07, 6.45) is 0.609. The zero-order chi connectivity index (χ0) is 20.2. The molecule has 2 unspecified atom stereocenters. The fourth-order valence-corrected chi connectivity index (χ4v) is 1.98. The highest BCUT2D eigenvalue weighted by Crippen LogP contribution is 2.16. The molecule has 0 aliphatic heterocycles. The van der Waals surface area contributed by atoms with Crippen LogP contribution in [-0.2, 0) is 23.9 Å². The second-order valence-electron chi connectivity index (χ2n) is 8.02. The fraction of sp³-hybridized carbons (Fsp3) is 0.842. The number of hydrogen-bond donors (Lipinski definition) is 2. The smallest absolute Gasteiger partial charge is 0.246 e. The third-order valence-electron chi connectivity index (χ3n) is 4.12. The number of ether oxygens (including phenoxy) is 2. The molecular weight excluding hydrogens is 336 g/mol. The van der Waals surface area contributed by atoms with E-state index in [4.69, 9.17) is 9.47 Å². The van der Waals surface area contributed by atoms with E-state index in [-0.39, 0.29) is 42.3 Å². The van der Waals surface area contributed by atoms with Gasteiger partial charge in [-0.15, -0.1) is 0 Å². The molecule has 0 aromatic heterocycles. The topological polar surface area (TPSA) is 93.7 Å². The van der Waals surface area contributed by atoms with E-state index in [0.717, 1.165) is 0 Å². The SMILES string of the molecule is CC(CNC(=O)COCC=O)COCC(C)(C)CNC(=O)C(C)C(C)C. The summed E-state index contributed by atoms with van der Waals surface area (Å²) < 4.78 is 10.6. The Kier molecular flexibility index (Phi) is 12.1. The van der Waals surface area contributed by atoms with Crippen LogP contribution < -0.4 is 10.6 Å². The van der Waals surface area contributed by atoms with Crippen molar-refractivity contribution in [2.75, 3.05) is 39.5 Å². The summed E-state index contributed by atoms with van der Waals surface area (Å²) in [5, 5.41) is 5.73. The molecule has 0 aromatic rings. The molecule has 0 saturated heterocycles. The fourth-order valence-electron chi connectivity index (χ4n) is 1.98. The molecule has 0 spiro atoms. The summed E-state index contributed by atoms with van der Waals surface area (Å²) in [6, 6.07) is 0. The third-order valence-corrected chi connectivity index (χ3v) is 4.12. The van der Waals surface area contributed by atoms with Gasteiger partial charge in [0.15, 0.2) is 0 Å². The van der Waals surface area contributed by atoms with Crippen LogP contribution in [0.1, 0.15) is 41.5 Å². The van der Waals surface area contributed by atoms with Crippen molar-refractivity contribution in [2.24, 2.45) is 23.2 Å². The highest BCUT2D eigenvalue weighted by atomic mass is 16.5. The van der Waals surface area contributed by atoms with E-state index in [1.165, 1.54) is 0 Å². The molecule has 0 radical (unpaired) electrons.